The first kappa shape index (κ1) is 14.4. The highest BCUT2D eigenvalue weighted by Crippen LogP contribution is 2.06. The molecule has 0 bridgehead atoms. The van der Waals surface area contributed by atoms with Crippen LogP contribution in [-0.4, -0.2) is 37.1 Å². The summed E-state index contributed by atoms with van der Waals surface area (Å²) >= 11 is 0. The molecule has 3 heteroatoms. The predicted octanol–water partition coefficient (Wildman–Crippen LogP) is 2.00. The molecule has 0 rings (SSSR count). The monoisotopic (exact) mass is 211 g/mol. The zero-order valence-corrected chi connectivity index (χ0v) is 10.6. The molecule has 0 spiro atoms. The number of hydrogen-bond donors (Lipinski definition) is 1. The molecule has 0 heterocycles. The van der Waals surface area contributed by atoms with E-state index in [9.17, 15) is 0 Å². The number of likely N-dealkylation sites (N-methyl/N-ethyl adjacent to an activating group) is 1. The van der Waals surface area contributed by atoms with Crippen molar-refractivity contribution in [1.82, 2.24) is 10.2 Å². The molecule has 0 saturated heterocycles. The molecule has 0 aliphatic heterocycles. The van der Waals surface area contributed by atoms with Crippen LogP contribution in [0.1, 0.15) is 40.0 Å². The molecule has 0 radical (unpaired) electrons. The number of hydrogen-bond acceptors (Lipinski definition) is 3. The van der Waals surface area contributed by atoms with Crippen molar-refractivity contribution < 1.29 is 0 Å². The summed E-state index contributed by atoms with van der Waals surface area (Å²) in [6.45, 7) is 8.58. The van der Waals surface area contributed by atoms with E-state index in [4.69, 9.17) is 5.26 Å². The van der Waals surface area contributed by atoms with E-state index in [-0.39, 0.29) is 6.04 Å². The van der Waals surface area contributed by atoms with Crippen LogP contribution in [0.2, 0.25) is 0 Å². The van der Waals surface area contributed by atoms with Crippen LogP contribution in [0, 0.1) is 11.3 Å². The van der Waals surface area contributed by atoms with Gasteiger partial charge in [0, 0.05) is 12.6 Å². The Kier molecular flexibility index (Phi) is 8.35. The molecule has 1 N–H and O–H groups in total. The molecule has 0 aromatic rings. The van der Waals surface area contributed by atoms with Crippen molar-refractivity contribution in [3.63, 3.8) is 0 Å². The Morgan fingerprint density at radius 3 is 2.47 bits per heavy atom. The van der Waals surface area contributed by atoms with Crippen LogP contribution in [-0.2, 0) is 0 Å². The van der Waals surface area contributed by atoms with Gasteiger partial charge in [-0.25, -0.2) is 0 Å². The second-order valence-electron chi connectivity index (χ2n) is 4.08. The average Bonchev–Trinajstić information content (AvgIpc) is 2.28. The molecule has 15 heavy (non-hydrogen) atoms. The maximum Gasteiger partial charge on any atom is 0.108 e. The fourth-order valence-corrected chi connectivity index (χ4v) is 1.54. The van der Waals surface area contributed by atoms with Gasteiger partial charge in [0.05, 0.1) is 6.07 Å². The molecular weight excluding hydrogens is 186 g/mol. The van der Waals surface area contributed by atoms with E-state index in [2.05, 4.69) is 37.1 Å². The van der Waals surface area contributed by atoms with E-state index >= 15 is 0 Å². The Bertz CT molecular complexity index is 186. The van der Waals surface area contributed by atoms with Crippen LogP contribution in [0.25, 0.3) is 0 Å². The van der Waals surface area contributed by atoms with Crippen molar-refractivity contribution in [1.29, 1.82) is 5.26 Å². The molecule has 0 fully saturated rings. The third kappa shape index (κ3) is 5.76. The lowest BCUT2D eigenvalue weighted by atomic mass is 10.1. The molecule has 2 unspecified atom stereocenters. The van der Waals surface area contributed by atoms with Gasteiger partial charge in [0.15, 0.2) is 0 Å². The summed E-state index contributed by atoms with van der Waals surface area (Å²) in [5.74, 6) is 0. The lowest BCUT2D eigenvalue weighted by molar-refractivity contribution is 0.192. The first-order valence-corrected chi connectivity index (χ1v) is 6.00. The number of nitriles is 1. The van der Waals surface area contributed by atoms with Crippen LogP contribution < -0.4 is 5.32 Å². The van der Waals surface area contributed by atoms with Gasteiger partial charge in [-0.1, -0.05) is 20.3 Å². The summed E-state index contributed by atoms with van der Waals surface area (Å²) < 4.78 is 0. The summed E-state index contributed by atoms with van der Waals surface area (Å²) in [5, 5.41) is 12.0. The summed E-state index contributed by atoms with van der Waals surface area (Å²) in [5.41, 5.74) is 0. The van der Waals surface area contributed by atoms with Crippen LogP contribution in [0.15, 0.2) is 0 Å². The van der Waals surface area contributed by atoms with E-state index in [0.717, 1.165) is 19.5 Å². The molecule has 0 saturated carbocycles. The summed E-state index contributed by atoms with van der Waals surface area (Å²) in [4.78, 5) is 2.41. The maximum absolute atomic E-state index is 8.92. The van der Waals surface area contributed by atoms with Gasteiger partial charge in [-0.3, -0.25) is 4.90 Å². The predicted molar refractivity (Wildman–Crippen MR) is 64.7 cm³/mol. The van der Waals surface area contributed by atoms with E-state index in [1.54, 1.807) is 0 Å². The quantitative estimate of drug-likeness (QED) is 0.667. The molecule has 0 aromatic carbocycles. The Hall–Kier alpha value is -0.590. The molecule has 0 amide bonds. The molecule has 88 valence electrons. The number of rotatable bonds is 8. The van der Waals surface area contributed by atoms with Crippen LogP contribution >= 0.6 is 0 Å². The lowest BCUT2D eigenvalue weighted by Gasteiger charge is -2.29. The second-order valence-corrected chi connectivity index (χ2v) is 4.08. The number of nitrogens with one attached hydrogen (secondary N) is 1. The van der Waals surface area contributed by atoms with Crippen LogP contribution in [0.5, 0.6) is 0 Å². The zero-order chi connectivity index (χ0) is 11.7. The van der Waals surface area contributed by atoms with Crippen molar-refractivity contribution in [3.05, 3.63) is 0 Å². The Morgan fingerprint density at radius 2 is 2.07 bits per heavy atom. The summed E-state index contributed by atoms with van der Waals surface area (Å²) in [6.07, 6.45) is 3.57. The van der Waals surface area contributed by atoms with Gasteiger partial charge in [0.2, 0.25) is 0 Å². The first-order chi connectivity index (χ1) is 7.19. The minimum atomic E-state index is -0.0455. The third-order valence-electron chi connectivity index (χ3n) is 2.93. The standard InChI is InChI=1S/C12H25N3/c1-5-7-8-15(11(3)6-2)10-12(9-13)14-4/h11-12,14H,5-8,10H2,1-4H3. The normalized spacial score (nSPS) is 14.9. The van der Waals surface area contributed by atoms with E-state index in [1.165, 1.54) is 12.8 Å². The summed E-state index contributed by atoms with van der Waals surface area (Å²) in [6, 6.07) is 2.81. The topological polar surface area (TPSA) is 39.1 Å². The Balaban J connectivity index is 4.17. The highest BCUT2D eigenvalue weighted by Gasteiger charge is 2.15. The fraction of sp³-hybridized carbons (Fsp3) is 0.917. The highest BCUT2D eigenvalue weighted by atomic mass is 15.2. The van der Waals surface area contributed by atoms with E-state index in [0.29, 0.717) is 6.04 Å². The number of unbranched alkanes of at least 4 members (excludes halogenated alkanes) is 1. The highest BCUT2D eigenvalue weighted by molar-refractivity contribution is 4.91. The molecule has 0 aromatic heterocycles. The van der Waals surface area contributed by atoms with Gasteiger partial charge in [-0.2, -0.15) is 5.26 Å². The van der Waals surface area contributed by atoms with E-state index in [1.807, 2.05) is 7.05 Å². The Labute approximate surface area is 94.5 Å². The van der Waals surface area contributed by atoms with Gasteiger partial charge in [-0.05, 0) is 33.4 Å². The maximum atomic E-state index is 8.92. The molecule has 0 aliphatic carbocycles. The van der Waals surface area contributed by atoms with Crippen molar-refractivity contribution in [2.75, 3.05) is 20.1 Å². The molecule has 3 nitrogen and oxygen atoms in total. The lowest BCUT2D eigenvalue weighted by Crippen LogP contribution is -2.43. The van der Waals surface area contributed by atoms with Gasteiger partial charge in [0.25, 0.3) is 0 Å². The molecule has 2 atom stereocenters. The SMILES string of the molecule is CCCCN(CC(C#N)NC)C(C)CC. The van der Waals surface area contributed by atoms with Gasteiger partial charge in [-0.15, -0.1) is 0 Å². The van der Waals surface area contributed by atoms with Gasteiger partial charge in [0.1, 0.15) is 6.04 Å². The average molecular weight is 211 g/mol. The van der Waals surface area contributed by atoms with Gasteiger partial charge < -0.3 is 5.32 Å². The zero-order valence-electron chi connectivity index (χ0n) is 10.6. The third-order valence-corrected chi connectivity index (χ3v) is 2.93. The molecule has 0 aliphatic rings. The fourth-order valence-electron chi connectivity index (χ4n) is 1.54. The smallest absolute Gasteiger partial charge is 0.108 e. The summed E-state index contributed by atoms with van der Waals surface area (Å²) in [7, 11) is 1.85. The largest absolute Gasteiger partial charge is 0.304 e. The Morgan fingerprint density at radius 1 is 1.40 bits per heavy atom. The van der Waals surface area contributed by atoms with Crippen LogP contribution in [0.3, 0.4) is 0 Å². The van der Waals surface area contributed by atoms with E-state index < -0.39 is 0 Å². The molecular formula is C12H25N3. The van der Waals surface area contributed by atoms with Crippen molar-refractivity contribution >= 4 is 0 Å². The number of nitrogens with zero attached hydrogens (tertiary/aromatic N) is 2. The first-order valence-electron chi connectivity index (χ1n) is 6.00. The van der Waals surface area contributed by atoms with Crippen molar-refractivity contribution in [2.24, 2.45) is 0 Å². The van der Waals surface area contributed by atoms with Crippen molar-refractivity contribution in [3.8, 4) is 6.07 Å². The van der Waals surface area contributed by atoms with Gasteiger partial charge >= 0.3 is 0 Å². The second kappa shape index (κ2) is 8.70. The van der Waals surface area contributed by atoms with Crippen molar-refractivity contribution in [2.45, 2.75) is 52.1 Å². The minimum absolute atomic E-state index is 0.0455. The minimum Gasteiger partial charge on any atom is -0.304 e. The van der Waals surface area contributed by atoms with Crippen LogP contribution in [0.4, 0.5) is 0 Å².